The van der Waals surface area contributed by atoms with Gasteiger partial charge in [-0.2, -0.15) is 4.31 Å². The van der Waals surface area contributed by atoms with Crippen molar-refractivity contribution >= 4 is 21.9 Å². The fourth-order valence-electron chi connectivity index (χ4n) is 1.80. The Morgan fingerprint density at radius 1 is 1.17 bits per heavy atom. The average Bonchev–Trinajstić information content (AvgIpc) is 2.26. The Balaban J connectivity index is 2.59. The smallest absolute Gasteiger partial charge is 0.320 e. The molecule has 0 aromatic heterocycles. The van der Waals surface area contributed by atoms with Crippen molar-refractivity contribution in [1.82, 2.24) is 9.21 Å². The summed E-state index contributed by atoms with van der Waals surface area (Å²) in [6.07, 6.45) is 0. The van der Waals surface area contributed by atoms with Crippen LogP contribution in [0.5, 0.6) is 0 Å². The van der Waals surface area contributed by atoms with Crippen molar-refractivity contribution in [3.63, 3.8) is 0 Å². The summed E-state index contributed by atoms with van der Waals surface area (Å²) in [5.74, 6) is -2.39. The maximum absolute atomic E-state index is 11.7. The van der Waals surface area contributed by atoms with E-state index in [1.807, 2.05) is 0 Å². The van der Waals surface area contributed by atoms with Crippen molar-refractivity contribution in [3.8, 4) is 0 Å². The van der Waals surface area contributed by atoms with Gasteiger partial charge in [0.1, 0.15) is 0 Å². The Morgan fingerprint density at radius 2 is 1.67 bits per heavy atom. The van der Waals surface area contributed by atoms with Gasteiger partial charge in [0.25, 0.3) is 0 Å². The Labute approximate surface area is 106 Å². The molecule has 7 nitrogen and oxygen atoms in total. The number of rotatable bonds is 4. The van der Waals surface area contributed by atoms with Gasteiger partial charge in [0.2, 0.25) is 15.9 Å². The van der Waals surface area contributed by atoms with Crippen molar-refractivity contribution in [2.24, 2.45) is 5.92 Å². The highest BCUT2D eigenvalue weighted by molar-refractivity contribution is 7.89. The lowest BCUT2D eigenvalue weighted by molar-refractivity contribution is -0.136. The first kappa shape index (κ1) is 14.9. The summed E-state index contributed by atoms with van der Waals surface area (Å²) < 4.78 is 24.4. The summed E-state index contributed by atoms with van der Waals surface area (Å²) in [5.41, 5.74) is 0. The van der Waals surface area contributed by atoms with Gasteiger partial charge in [-0.3, -0.25) is 9.59 Å². The monoisotopic (exact) mass is 278 g/mol. The minimum atomic E-state index is -3.76. The molecule has 18 heavy (non-hydrogen) atoms. The van der Waals surface area contributed by atoms with E-state index in [9.17, 15) is 18.0 Å². The van der Waals surface area contributed by atoms with Crippen LogP contribution in [0.4, 0.5) is 0 Å². The van der Waals surface area contributed by atoms with Crippen molar-refractivity contribution in [1.29, 1.82) is 0 Å². The van der Waals surface area contributed by atoms with Crippen LogP contribution in [0.1, 0.15) is 13.8 Å². The number of hydrogen-bond acceptors (Lipinski definition) is 4. The summed E-state index contributed by atoms with van der Waals surface area (Å²) >= 11 is 0. The normalized spacial score (nSPS) is 18.1. The molecule has 0 aromatic rings. The molecule has 0 unspecified atom stereocenters. The third kappa shape index (κ3) is 3.67. The number of aliphatic carboxylic acids is 1. The predicted octanol–water partition coefficient (Wildman–Crippen LogP) is -0.799. The van der Waals surface area contributed by atoms with E-state index >= 15 is 0 Å². The van der Waals surface area contributed by atoms with Gasteiger partial charge in [-0.1, -0.05) is 13.8 Å². The molecule has 0 aliphatic carbocycles. The second kappa shape index (κ2) is 5.66. The molecule has 1 aliphatic heterocycles. The minimum absolute atomic E-state index is 0.00900. The summed E-state index contributed by atoms with van der Waals surface area (Å²) in [6, 6.07) is 0. The third-order valence-corrected chi connectivity index (χ3v) is 4.51. The molecule has 0 radical (unpaired) electrons. The van der Waals surface area contributed by atoms with Crippen LogP contribution >= 0.6 is 0 Å². The number of piperazine rings is 1. The molecular weight excluding hydrogens is 260 g/mol. The fraction of sp³-hybridized carbons (Fsp3) is 0.800. The minimum Gasteiger partial charge on any atom is -0.480 e. The van der Waals surface area contributed by atoms with E-state index in [1.54, 1.807) is 18.7 Å². The SMILES string of the molecule is CC(C)C(=O)N1CCN(S(=O)(=O)CC(=O)O)CC1. The number of carbonyl (C=O) groups excluding carboxylic acids is 1. The number of nitrogens with zero attached hydrogens (tertiary/aromatic N) is 2. The number of amides is 1. The van der Waals surface area contributed by atoms with Gasteiger partial charge in [-0.25, -0.2) is 8.42 Å². The molecule has 1 aliphatic rings. The van der Waals surface area contributed by atoms with Crippen LogP contribution in [0.15, 0.2) is 0 Å². The standard InChI is InChI=1S/C10H18N2O5S/c1-8(2)10(15)11-3-5-12(6-4-11)18(16,17)7-9(13)14/h8H,3-7H2,1-2H3,(H,13,14). The number of carbonyl (C=O) groups is 2. The molecule has 1 fully saturated rings. The molecule has 0 saturated carbocycles. The Hall–Kier alpha value is -1.15. The van der Waals surface area contributed by atoms with E-state index in [0.29, 0.717) is 13.1 Å². The molecule has 1 saturated heterocycles. The van der Waals surface area contributed by atoms with Crippen LogP contribution < -0.4 is 0 Å². The second-order valence-corrected chi connectivity index (χ2v) is 6.50. The number of hydrogen-bond donors (Lipinski definition) is 1. The van der Waals surface area contributed by atoms with Crippen LogP contribution in [0, 0.1) is 5.92 Å². The largest absolute Gasteiger partial charge is 0.480 e. The van der Waals surface area contributed by atoms with Crippen LogP contribution in [0.3, 0.4) is 0 Å². The zero-order valence-electron chi connectivity index (χ0n) is 10.5. The average molecular weight is 278 g/mol. The molecule has 1 amide bonds. The molecule has 0 bridgehead atoms. The first-order chi connectivity index (χ1) is 8.24. The van der Waals surface area contributed by atoms with E-state index in [2.05, 4.69) is 0 Å². The number of carboxylic acids is 1. The molecule has 0 atom stereocenters. The molecule has 8 heteroatoms. The topological polar surface area (TPSA) is 95.0 Å². The summed E-state index contributed by atoms with van der Waals surface area (Å²) in [4.78, 5) is 23.8. The van der Waals surface area contributed by atoms with Crippen LogP contribution in [-0.4, -0.2) is 66.5 Å². The quantitative estimate of drug-likeness (QED) is 0.726. The molecule has 1 heterocycles. The van der Waals surface area contributed by atoms with Gasteiger partial charge in [-0.05, 0) is 0 Å². The van der Waals surface area contributed by atoms with Gasteiger partial charge in [0, 0.05) is 32.1 Å². The Bertz CT molecular complexity index is 424. The first-order valence-corrected chi connectivity index (χ1v) is 7.33. The summed E-state index contributed by atoms with van der Waals surface area (Å²) in [6.45, 7) is 4.53. The lowest BCUT2D eigenvalue weighted by atomic mass is 10.2. The zero-order valence-corrected chi connectivity index (χ0v) is 11.3. The van der Waals surface area contributed by atoms with E-state index in [-0.39, 0.29) is 24.9 Å². The molecule has 104 valence electrons. The molecule has 0 aromatic carbocycles. The lowest BCUT2D eigenvalue weighted by Gasteiger charge is -2.34. The van der Waals surface area contributed by atoms with E-state index in [1.165, 1.54) is 0 Å². The maximum atomic E-state index is 11.7. The first-order valence-electron chi connectivity index (χ1n) is 5.72. The van der Waals surface area contributed by atoms with E-state index in [0.717, 1.165) is 4.31 Å². The fourth-order valence-corrected chi connectivity index (χ4v) is 3.01. The van der Waals surface area contributed by atoms with Crippen LogP contribution in [-0.2, 0) is 19.6 Å². The van der Waals surface area contributed by atoms with Crippen LogP contribution in [0.2, 0.25) is 0 Å². The van der Waals surface area contributed by atoms with E-state index < -0.39 is 21.7 Å². The highest BCUT2D eigenvalue weighted by Gasteiger charge is 2.30. The van der Waals surface area contributed by atoms with E-state index in [4.69, 9.17) is 5.11 Å². The van der Waals surface area contributed by atoms with Gasteiger partial charge >= 0.3 is 5.97 Å². The van der Waals surface area contributed by atoms with Crippen molar-refractivity contribution < 1.29 is 23.1 Å². The van der Waals surface area contributed by atoms with Gasteiger partial charge in [0.15, 0.2) is 5.75 Å². The van der Waals surface area contributed by atoms with Crippen molar-refractivity contribution in [2.75, 3.05) is 31.9 Å². The highest BCUT2D eigenvalue weighted by atomic mass is 32.2. The zero-order chi connectivity index (χ0) is 13.9. The third-order valence-electron chi connectivity index (χ3n) is 2.74. The maximum Gasteiger partial charge on any atom is 0.320 e. The van der Waals surface area contributed by atoms with Gasteiger partial charge in [-0.15, -0.1) is 0 Å². The lowest BCUT2D eigenvalue weighted by Crippen LogP contribution is -2.52. The predicted molar refractivity (Wildman–Crippen MR) is 64.4 cm³/mol. The van der Waals surface area contributed by atoms with Crippen molar-refractivity contribution in [2.45, 2.75) is 13.8 Å². The summed E-state index contributed by atoms with van der Waals surface area (Å²) in [7, 11) is -3.76. The summed E-state index contributed by atoms with van der Waals surface area (Å²) in [5, 5.41) is 8.52. The van der Waals surface area contributed by atoms with Crippen LogP contribution in [0.25, 0.3) is 0 Å². The van der Waals surface area contributed by atoms with Gasteiger partial charge in [0.05, 0.1) is 0 Å². The molecular formula is C10H18N2O5S. The number of carboxylic acid groups (broad SMARTS) is 1. The Morgan fingerprint density at radius 3 is 2.06 bits per heavy atom. The Kier molecular flexibility index (Phi) is 4.69. The van der Waals surface area contributed by atoms with Gasteiger partial charge < -0.3 is 10.0 Å². The van der Waals surface area contributed by atoms with Crippen molar-refractivity contribution in [3.05, 3.63) is 0 Å². The highest BCUT2D eigenvalue weighted by Crippen LogP contribution is 2.10. The number of sulfonamides is 1. The molecule has 1 N–H and O–H groups in total. The molecule has 1 rings (SSSR count). The second-order valence-electron chi connectivity index (χ2n) is 4.53. The molecule has 0 spiro atoms.